The van der Waals surface area contributed by atoms with Gasteiger partial charge in [0.05, 0.1) is 0 Å². The third-order valence-corrected chi connectivity index (χ3v) is 43.7. The van der Waals surface area contributed by atoms with Crippen molar-refractivity contribution in [3.05, 3.63) is 157 Å². The number of halogens is 2. The van der Waals surface area contributed by atoms with Crippen LogP contribution in [0.1, 0.15) is 37.8 Å². The van der Waals surface area contributed by atoms with Gasteiger partial charge in [0, 0.05) is 0 Å². The molecule has 4 heteroatoms. The van der Waals surface area contributed by atoms with Gasteiger partial charge in [-0.25, -0.2) is 0 Å². The Kier molecular flexibility index (Phi) is 12.9. The Labute approximate surface area is 313 Å². The third kappa shape index (κ3) is 8.57. The summed E-state index contributed by atoms with van der Waals surface area (Å²) in [7, 11) is 10.6. The zero-order chi connectivity index (χ0) is 35.0. The molecule has 0 unspecified atom stereocenters. The van der Waals surface area contributed by atoms with Crippen LogP contribution in [-0.2, 0) is 29.1 Å². The molecule has 8 aromatic carbocycles. The molecule has 0 nitrogen and oxygen atoms in total. The van der Waals surface area contributed by atoms with Crippen LogP contribution >= 0.6 is 17.0 Å². The summed E-state index contributed by atoms with van der Waals surface area (Å²) in [6.07, 6.45) is 4.70. The molecule has 0 saturated carbocycles. The molecule has 0 heterocycles. The minimum atomic E-state index is -1.59. The van der Waals surface area contributed by atoms with Gasteiger partial charge >= 0.3 is 54.8 Å². The van der Waals surface area contributed by atoms with Crippen molar-refractivity contribution < 1.29 is 16.2 Å². The summed E-state index contributed by atoms with van der Waals surface area (Å²) in [6, 6.07) is 53.2. The molecule has 0 aliphatic heterocycles. The molecule has 252 valence electrons. The van der Waals surface area contributed by atoms with E-state index in [2.05, 4.69) is 171 Å². The van der Waals surface area contributed by atoms with Crippen LogP contribution in [0.4, 0.5) is 0 Å². The number of rotatable bonds is 6. The van der Waals surface area contributed by atoms with E-state index in [1.165, 1.54) is 89.3 Å². The monoisotopic (exact) mass is 830 g/mol. The van der Waals surface area contributed by atoms with Gasteiger partial charge < -0.3 is 0 Å². The van der Waals surface area contributed by atoms with E-state index in [0.29, 0.717) is 0 Å². The van der Waals surface area contributed by atoms with Crippen LogP contribution < -0.4 is 0 Å². The summed E-state index contributed by atoms with van der Waals surface area (Å²) >= 11 is -1.59. The first kappa shape index (κ1) is 36.8. The van der Waals surface area contributed by atoms with E-state index >= 15 is 0 Å². The molecule has 0 bridgehead atoms. The van der Waals surface area contributed by atoms with Gasteiger partial charge in [0.25, 0.3) is 0 Å². The topological polar surface area (TPSA) is 0 Å². The Balaban J connectivity index is 0.000000149. The van der Waals surface area contributed by atoms with Crippen LogP contribution in [0.15, 0.2) is 146 Å². The second-order valence-corrected chi connectivity index (χ2v) is 51.1. The van der Waals surface area contributed by atoms with Crippen molar-refractivity contribution in [3.8, 4) is 22.3 Å². The second-order valence-electron chi connectivity index (χ2n) is 13.2. The van der Waals surface area contributed by atoms with Crippen molar-refractivity contribution in [2.75, 3.05) is 0 Å². The molecule has 0 N–H and O–H groups in total. The number of aryl methyl sites for hydroxylation is 2. The van der Waals surface area contributed by atoms with Crippen LogP contribution in [0, 0.1) is 0 Å². The van der Waals surface area contributed by atoms with Gasteiger partial charge in [0.1, 0.15) is 0 Å². The van der Waals surface area contributed by atoms with Gasteiger partial charge in [-0.15, -0.1) is 69.1 Å². The molecule has 50 heavy (non-hydrogen) atoms. The first-order chi connectivity index (χ1) is 24.4. The molecule has 8 rings (SSSR count). The number of hydrogen-bond acceptors (Lipinski definition) is 0. The molecule has 0 spiro atoms. The van der Waals surface area contributed by atoms with Crippen molar-refractivity contribution in [2.24, 2.45) is 0 Å². The molecule has 0 amide bonds. The molecule has 0 radical (unpaired) electrons. The average Bonchev–Trinajstić information content (AvgIpc) is 3.75. The summed E-state index contributed by atoms with van der Waals surface area (Å²) < 4.78 is 0. The van der Waals surface area contributed by atoms with E-state index in [9.17, 15) is 0 Å². The zero-order valence-electron chi connectivity index (χ0n) is 29.4. The fourth-order valence-corrected chi connectivity index (χ4v) is 6.85. The predicted molar refractivity (Wildman–Crippen MR) is 222 cm³/mol. The summed E-state index contributed by atoms with van der Waals surface area (Å²) in [5.74, 6) is 4.46. The van der Waals surface area contributed by atoms with Crippen molar-refractivity contribution in [2.45, 2.75) is 51.0 Å². The summed E-state index contributed by atoms with van der Waals surface area (Å²) in [5.41, 5.74) is 8.25. The van der Waals surface area contributed by atoms with Crippen LogP contribution in [0.25, 0.3) is 65.3 Å². The van der Waals surface area contributed by atoms with Crippen molar-refractivity contribution >= 4 is 70.1 Å². The Morgan fingerprint density at radius 3 is 1.20 bits per heavy atom. The average molecular weight is 832 g/mol. The summed E-state index contributed by atoms with van der Waals surface area (Å²) in [5, 5.41) is 10.7. The van der Waals surface area contributed by atoms with E-state index in [1.54, 1.807) is 0 Å². The maximum absolute atomic E-state index is 5.65. The Bertz CT molecular complexity index is 2220. The maximum atomic E-state index is 5.65. The summed E-state index contributed by atoms with van der Waals surface area (Å²) in [4.78, 5) is 0. The van der Waals surface area contributed by atoms with E-state index < -0.39 is 26.2 Å². The van der Waals surface area contributed by atoms with Gasteiger partial charge in [0.2, 0.25) is 0 Å². The molecule has 0 atom stereocenters. The molecule has 0 fully saturated rings. The predicted octanol–water partition coefficient (Wildman–Crippen LogP) is 14.8. The summed E-state index contributed by atoms with van der Waals surface area (Å²) in [6.45, 7) is 4.48. The Morgan fingerprint density at radius 2 is 0.820 bits per heavy atom. The molecule has 0 aromatic heterocycles. The fourth-order valence-electron chi connectivity index (χ4n) is 6.85. The fraction of sp³-hybridized carbons (Fsp3) is 0.174. The van der Waals surface area contributed by atoms with Crippen molar-refractivity contribution in [3.63, 3.8) is 0 Å². The quantitative estimate of drug-likeness (QED) is 0.116. The number of benzene rings is 6. The normalized spacial score (nSPS) is 10.9. The van der Waals surface area contributed by atoms with Gasteiger partial charge in [-0.05, 0) is 45.5 Å². The van der Waals surface area contributed by atoms with Gasteiger partial charge in [-0.3, -0.25) is 0 Å². The number of fused-ring (bicyclic) bond motifs is 4. The van der Waals surface area contributed by atoms with E-state index in [-0.39, 0.29) is 0 Å². The Morgan fingerprint density at radius 1 is 0.480 bits per heavy atom. The standard InChI is InChI=1S/2C22H19.C2H6Ge.2ClH.Zr/c2*1-2-7-16-14-18-10-6-13-21(22(18)15-16)20-12-5-9-17-8-3-4-11-19(17)20;1-3-2;;;/h2*3-6,8-15H,2,7H2,1H3;1-2H3;2*1H;/q2*-1;;;;+2/p-2. The van der Waals surface area contributed by atoms with Gasteiger partial charge in [0.15, 0.2) is 0 Å². The van der Waals surface area contributed by atoms with Crippen LogP contribution in [-0.4, -0.2) is 9.98 Å². The minimum absolute atomic E-state index is 0.735. The molecule has 0 aliphatic carbocycles. The third-order valence-electron chi connectivity index (χ3n) is 9.24. The molecular weight excluding hydrogens is 787 g/mol. The molecule has 0 aliphatic rings. The molecular formula is C46H44Cl2GeZr-2. The van der Waals surface area contributed by atoms with Crippen LogP contribution in [0.5, 0.6) is 0 Å². The molecule has 8 aromatic rings. The second kappa shape index (κ2) is 17.5. The zero-order valence-corrected chi connectivity index (χ0v) is 35.5. The van der Waals surface area contributed by atoms with E-state index in [0.717, 1.165) is 12.8 Å². The van der Waals surface area contributed by atoms with Gasteiger partial charge in [-0.1, -0.05) is 135 Å². The SMILES string of the molecule is CCCc1cc2c(-c3cccc4ccccc34)cccc2[cH-]1.CCCc1cc2c(-c3cccc4ccccc34)cccc2[cH-]1.[CH3][Ge]([CH3])=[Zr]([Cl])[Cl]. The first-order valence-electron chi connectivity index (χ1n) is 17.7. The first-order valence-corrected chi connectivity index (χ1v) is 35.7. The van der Waals surface area contributed by atoms with E-state index in [1.807, 2.05) is 0 Å². The van der Waals surface area contributed by atoms with Crippen LogP contribution in [0.3, 0.4) is 0 Å². The van der Waals surface area contributed by atoms with Crippen LogP contribution in [0.2, 0.25) is 11.5 Å². The van der Waals surface area contributed by atoms with E-state index in [4.69, 9.17) is 17.0 Å². The number of hydrogen-bond donors (Lipinski definition) is 0. The Hall–Kier alpha value is -2.93. The van der Waals surface area contributed by atoms with Crippen molar-refractivity contribution in [1.82, 2.24) is 0 Å². The van der Waals surface area contributed by atoms with Gasteiger partial charge in [-0.2, -0.15) is 12.1 Å². The van der Waals surface area contributed by atoms with Crippen molar-refractivity contribution in [1.29, 1.82) is 0 Å². The molecule has 0 saturated heterocycles.